The van der Waals surface area contributed by atoms with Crippen LogP contribution >= 0.6 is 11.8 Å². The highest BCUT2D eigenvalue weighted by Crippen LogP contribution is 2.29. The van der Waals surface area contributed by atoms with E-state index < -0.39 is 0 Å². The molecule has 0 spiro atoms. The first-order chi connectivity index (χ1) is 12.7. The highest BCUT2D eigenvalue weighted by atomic mass is 32.2. The monoisotopic (exact) mass is 367 g/mol. The number of ether oxygens (including phenoxy) is 1. The third kappa shape index (κ3) is 4.32. The zero-order valence-electron chi connectivity index (χ0n) is 14.8. The summed E-state index contributed by atoms with van der Waals surface area (Å²) in [5.41, 5.74) is 1.20. The molecular weight excluding hydrogens is 346 g/mol. The van der Waals surface area contributed by atoms with E-state index in [2.05, 4.69) is 28.3 Å². The van der Waals surface area contributed by atoms with E-state index in [0.717, 1.165) is 10.8 Å². The number of aliphatic imine (C=N–C) groups is 1. The Bertz CT molecular complexity index is 835. The Morgan fingerprint density at radius 2 is 2.12 bits per heavy atom. The minimum atomic E-state index is -0.195. The second kappa shape index (κ2) is 8.67. The molecule has 1 amide bonds. The van der Waals surface area contributed by atoms with Crippen molar-refractivity contribution in [2.24, 2.45) is 16.8 Å². The quantitative estimate of drug-likeness (QED) is 0.774. The van der Waals surface area contributed by atoms with E-state index in [1.54, 1.807) is 37.2 Å². The first kappa shape index (κ1) is 18.2. The molecule has 1 aromatic heterocycles. The van der Waals surface area contributed by atoms with Gasteiger partial charge in [-0.3, -0.25) is 9.79 Å². The summed E-state index contributed by atoms with van der Waals surface area (Å²) in [5.74, 6) is 2.03. The molecule has 2 atom stereocenters. The van der Waals surface area contributed by atoms with Crippen molar-refractivity contribution in [1.29, 1.82) is 0 Å². The van der Waals surface area contributed by atoms with Crippen molar-refractivity contribution >= 4 is 29.6 Å². The van der Waals surface area contributed by atoms with Crippen LogP contribution < -0.4 is 10.1 Å². The summed E-state index contributed by atoms with van der Waals surface area (Å²) in [6.07, 6.45) is 7.61. The molecule has 2 aromatic rings. The second-order valence-electron chi connectivity index (χ2n) is 5.98. The maximum absolute atomic E-state index is 12.8. The number of pyridine rings is 1. The molecular formula is C20H21N3O2S. The molecule has 0 saturated carbocycles. The van der Waals surface area contributed by atoms with E-state index in [0.29, 0.717) is 28.8 Å². The van der Waals surface area contributed by atoms with Gasteiger partial charge in [0.15, 0.2) is 0 Å². The summed E-state index contributed by atoms with van der Waals surface area (Å²) in [7, 11) is 1.58. The molecule has 0 saturated heterocycles. The number of nitrogens with one attached hydrogen (secondary N) is 1. The lowest BCUT2D eigenvalue weighted by atomic mass is 9.96. The van der Waals surface area contributed by atoms with Crippen LogP contribution in [0.2, 0.25) is 0 Å². The fraction of sp³-hybridized carbons (Fsp3) is 0.250. The highest BCUT2D eigenvalue weighted by molar-refractivity contribution is 7.99. The minimum Gasteiger partial charge on any atom is -0.495 e. The van der Waals surface area contributed by atoms with E-state index in [1.165, 1.54) is 0 Å². The van der Waals surface area contributed by atoms with Crippen LogP contribution in [-0.2, 0) is 0 Å². The van der Waals surface area contributed by atoms with Crippen LogP contribution in [0.15, 0.2) is 64.9 Å². The number of carbonyl (C=O) groups is 1. The van der Waals surface area contributed by atoms with Gasteiger partial charge >= 0.3 is 0 Å². The number of aromatic nitrogens is 1. The van der Waals surface area contributed by atoms with Crippen LogP contribution in [0.4, 0.5) is 5.69 Å². The lowest BCUT2D eigenvalue weighted by molar-refractivity contribution is 0.102. The third-order valence-electron chi connectivity index (χ3n) is 4.20. The maximum Gasteiger partial charge on any atom is 0.258 e. The number of hydrogen-bond acceptors (Lipinski definition) is 5. The molecule has 0 aliphatic carbocycles. The number of amides is 1. The Morgan fingerprint density at radius 3 is 2.92 bits per heavy atom. The molecule has 1 aromatic carbocycles. The summed E-state index contributed by atoms with van der Waals surface area (Å²) in [6.45, 7) is 2.14. The van der Waals surface area contributed by atoms with Gasteiger partial charge in [0.25, 0.3) is 5.91 Å². The number of methoxy groups -OCH3 is 1. The fourth-order valence-electron chi connectivity index (χ4n) is 2.63. The van der Waals surface area contributed by atoms with Gasteiger partial charge < -0.3 is 10.1 Å². The summed E-state index contributed by atoms with van der Waals surface area (Å²) < 4.78 is 5.30. The largest absolute Gasteiger partial charge is 0.495 e. The summed E-state index contributed by atoms with van der Waals surface area (Å²) >= 11 is 1.59. The fourth-order valence-corrected chi connectivity index (χ4v) is 3.85. The van der Waals surface area contributed by atoms with Crippen LogP contribution in [0.25, 0.3) is 0 Å². The van der Waals surface area contributed by atoms with Crippen molar-refractivity contribution in [3.8, 4) is 5.75 Å². The molecule has 5 nitrogen and oxygen atoms in total. The van der Waals surface area contributed by atoms with Gasteiger partial charge in [0.2, 0.25) is 0 Å². The Labute approximate surface area is 157 Å². The minimum absolute atomic E-state index is 0.195. The maximum atomic E-state index is 12.8. The van der Waals surface area contributed by atoms with Crippen LogP contribution in [0.1, 0.15) is 17.3 Å². The molecule has 1 N–H and O–H groups in total. The number of hydrogen-bond donors (Lipinski definition) is 1. The Kier molecular flexibility index (Phi) is 6.07. The van der Waals surface area contributed by atoms with Gasteiger partial charge in [0.1, 0.15) is 10.8 Å². The smallest absolute Gasteiger partial charge is 0.258 e. The van der Waals surface area contributed by atoms with E-state index in [-0.39, 0.29) is 5.91 Å². The summed E-state index contributed by atoms with van der Waals surface area (Å²) in [5, 5.41) is 3.64. The number of carbonyl (C=O) groups excluding carboxylic acids is 1. The molecule has 134 valence electrons. The van der Waals surface area contributed by atoms with E-state index in [4.69, 9.17) is 4.74 Å². The van der Waals surface area contributed by atoms with Crippen LogP contribution in [0.5, 0.6) is 5.75 Å². The van der Waals surface area contributed by atoms with Gasteiger partial charge in [0.05, 0.1) is 18.4 Å². The van der Waals surface area contributed by atoms with Crippen molar-refractivity contribution in [3.05, 3.63) is 60.4 Å². The van der Waals surface area contributed by atoms with E-state index in [9.17, 15) is 4.79 Å². The number of para-hydroxylation sites is 2. The van der Waals surface area contributed by atoms with Crippen molar-refractivity contribution in [2.45, 2.75) is 11.9 Å². The zero-order valence-corrected chi connectivity index (χ0v) is 15.6. The average molecular weight is 367 g/mol. The molecule has 1 aliphatic heterocycles. The van der Waals surface area contributed by atoms with E-state index >= 15 is 0 Å². The molecule has 1 aliphatic rings. The molecule has 0 radical (unpaired) electrons. The van der Waals surface area contributed by atoms with Gasteiger partial charge in [0, 0.05) is 24.4 Å². The molecule has 2 heterocycles. The van der Waals surface area contributed by atoms with Crippen molar-refractivity contribution < 1.29 is 9.53 Å². The van der Waals surface area contributed by atoms with Crippen LogP contribution in [0, 0.1) is 11.8 Å². The van der Waals surface area contributed by atoms with Gasteiger partial charge in [-0.2, -0.15) is 0 Å². The summed E-state index contributed by atoms with van der Waals surface area (Å²) in [6, 6.07) is 10.9. The first-order valence-electron chi connectivity index (χ1n) is 8.41. The lowest BCUT2D eigenvalue weighted by Crippen LogP contribution is -2.17. The Hall–Kier alpha value is -2.60. The predicted octanol–water partition coefficient (Wildman–Crippen LogP) is 4.29. The second-order valence-corrected chi connectivity index (χ2v) is 6.99. The number of rotatable bonds is 6. The molecule has 6 heteroatoms. The number of allylic oxidation sites excluding steroid dienone is 1. The standard InChI is InChI=1S/C20H21N3O2S/c1-14-12-21-11-9-15(14)13-26-20-16(6-5-10-22-20)19(24)23-17-7-3-4-8-18(17)25-2/h3-12,14-15H,13H2,1-2H3,(H,23,24). The molecule has 2 unspecified atom stereocenters. The Morgan fingerprint density at radius 1 is 1.27 bits per heavy atom. The third-order valence-corrected chi connectivity index (χ3v) is 5.35. The molecule has 3 rings (SSSR count). The van der Waals surface area contributed by atoms with Gasteiger partial charge in [-0.25, -0.2) is 4.98 Å². The number of nitrogens with zero attached hydrogens (tertiary/aromatic N) is 2. The lowest BCUT2D eigenvalue weighted by Gasteiger charge is -2.19. The predicted molar refractivity (Wildman–Crippen MR) is 106 cm³/mol. The molecule has 0 bridgehead atoms. The number of anilines is 1. The van der Waals surface area contributed by atoms with Gasteiger partial charge in [-0.15, -0.1) is 11.8 Å². The van der Waals surface area contributed by atoms with Crippen molar-refractivity contribution in [3.63, 3.8) is 0 Å². The average Bonchev–Trinajstić information content (AvgIpc) is 2.68. The first-order valence-corrected chi connectivity index (χ1v) is 9.39. The molecule has 0 fully saturated rings. The zero-order chi connectivity index (χ0) is 18.4. The van der Waals surface area contributed by atoms with Crippen molar-refractivity contribution in [1.82, 2.24) is 4.98 Å². The number of benzene rings is 1. The Balaban J connectivity index is 1.73. The van der Waals surface area contributed by atoms with Gasteiger partial charge in [-0.05, 0) is 36.1 Å². The summed E-state index contributed by atoms with van der Waals surface area (Å²) in [4.78, 5) is 21.3. The van der Waals surface area contributed by atoms with Crippen LogP contribution in [0.3, 0.4) is 0 Å². The number of thioether (sulfide) groups is 1. The molecule has 26 heavy (non-hydrogen) atoms. The van der Waals surface area contributed by atoms with Gasteiger partial charge in [-0.1, -0.05) is 25.1 Å². The SMILES string of the molecule is COc1ccccc1NC(=O)c1cccnc1SCC1C=CN=CC1C. The van der Waals surface area contributed by atoms with Crippen molar-refractivity contribution in [2.75, 3.05) is 18.2 Å². The normalized spacial score (nSPS) is 18.5. The van der Waals surface area contributed by atoms with E-state index in [1.807, 2.05) is 36.7 Å². The topological polar surface area (TPSA) is 63.6 Å². The highest BCUT2D eigenvalue weighted by Gasteiger charge is 2.19. The van der Waals surface area contributed by atoms with Crippen LogP contribution in [-0.4, -0.2) is 30.0 Å².